The van der Waals surface area contributed by atoms with E-state index in [0.29, 0.717) is 28.8 Å². The lowest BCUT2D eigenvalue weighted by molar-refractivity contribution is 0.0964. The quantitative estimate of drug-likeness (QED) is 0.404. The zero-order chi connectivity index (χ0) is 21.0. The van der Waals surface area contributed by atoms with Gasteiger partial charge in [0.05, 0.1) is 34.8 Å². The number of carbonyl (C=O) groups excluding carboxylic acids is 1. The molecule has 152 valence electrons. The standard InChI is InChI=1S/C24H19N5O2/c30-24(28-27-18-10-5-2-6-11-18)20-14-22(17-8-3-1-4-9-17)26-23-21(20)15-25-29(23)16-19-12-7-13-31-19/h1-15,27H,16H2,(H,28,30). The van der Waals surface area contributed by atoms with Crippen LogP contribution in [0.2, 0.25) is 0 Å². The number of para-hydroxylation sites is 1. The largest absolute Gasteiger partial charge is 0.467 e. The Hall–Kier alpha value is -4.39. The lowest BCUT2D eigenvalue weighted by Crippen LogP contribution is -2.29. The fraction of sp³-hybridized carbons (Fsp3) is 0.0417. The minimum Gasteiger partial charge on any atom is -0.467 e. The molecular formula is C24H19N5O2. The number of furan rings is 1. The second kappa shape index (κ2) is 8.16. The maximum atomic E-state index is 13.1. The van der Waals surface area contributed by atoms with Crippen molar-refractivity contribution in [1.29, 1.82) is 0 Å². The Labute approximate surface area is 178 Å². The van der Waals surface area contributed by atoms with Crippen LogP contribution in [0.25, 0.3) is 22.3 Å². The van der Waals surface area contributed by atoms with Crippen LogP contribution in [0.5, 0.6) is 0 Å². The predicted molar refractivity (Wildman–Crippen MR) is 118 cm³/mol. The molecule has 31 heavy (non-hydrogen) atoms. The summed E-state index contributed by atoms with van der Waals surface area (Å²) < 4.78 is 7.20. The summed E-state index contributed by atoms with van der Waals surface area (Å²) >= 11 is 0. The van der Waals surface area contributed by atoms with Gasteiger partial charge in [0.1, 0.15) is 12.3 Å². The summed E-state index contributed by atoms with van der Waals surface area (Å²) in [6.07, 6.45) is 3.29. The van der Waals surface area contributed by atoms with Crippen molar-refractivity contribution in [1.82, 2.24) is 20.2 Å². The van der Waals surface area contributed by atoms with Gasteiger partial charge in [-0.2, -0.15) is 5.10 Å². The minimum absolute atomic E-state index is 0.272. The Morgan fingerprint density at radius 3 is 2.48 bits per heavy atom. The molecule has 7 nitrogen and oxygen atoms in total. The lowest BCUT2D eigenvalue weighted by Gasteiger charge is -2.11. The van der Waals surface area contributed by atoms with E-state index in [1.807, 2.05) is 72.8 Å². The second-order valence-electron chi connectivity index (χ2n) is 6.99. The predicted octanol–water partition coefficient (Wildman–Crippen LogP) is 4.50. The summed E-state index contributed by atoms with van der Waals surface area (Å²) in [7, 11) is 0. The molecule has 0 unspecified atom stereocenters. The Morgan fingerprint density at radius 2 is 1.74 bits per heavy atom. The molecule has 0 saturated heterocycles. The van der Waals surface area contributed by atoms with Gasteiger partial charge in [0.15, 0.2) is 5.65 Å². The summed E-state index contributed by atoms with van der Waals surface area (Å²) in [6.45, 7) is 0.422. The molecule has 0 saturated carbocycles. The van der Waals surface area contributed by atoms with E-state index in [-0.39, 0.29) is 5.91 Å². The first-order valence-electron chi connectivity index (χ1n) is 9.84. The summed E-state index contributed by atoms with van der Waals surface area (Å²) in [6, 6.07) is 24.7. The van der Waals surface area contributed by atoms with Gasteiger partial charge >= 0.3 is 0 Å². The molecule has 0 atom stereocenters. The molecule has 2 aromatic carbocycles. The number of rotatable bonds is 6. The molecular weight excluding hydrogens is 390 g/mol. The highest BCUT2D eigenvalue weighted by atomic mass is 16.3. The highest BCUT2D eigenvalue weighted by Crippen LogP contribution is 2.25. The summed E-state index contributed by atoms with van der Waals surface area (Å²) in [5.41, 5.74) is 9.21. The second-order valence-corrected chi connectivity index (χ2v) is 6.99. The third kappa shape index (κ3) is 3.89. The average molecular weight is 409 g/mol. The van der Waals surface area contributed by atoms with Crippen LogP contribution in [-0.4, -0.2) is 20.7 Å². The Balaban J connectivity index is 1.55. The van der Waals surface area contributed by atoms with Crippen molar-refractivity contribution in [2.75, 3.05) is 5.43 Å². The molecule has 0 bridgehead atoms. The number of hydrogen-bond acceptors (Lipinski definition) is 5. The van der Waals surface area contributed by atoms with Gasteiger partial charge in [-0.1, -0.05) is 48.5 Å². The topological polar surface area (TPSA) is 85.0 Å². The van der Waals surface area contributed by atoms with Crippen molar-refractivity contribution in [2.24, 2.45) is 0 Å². The van der Waals surface area contributed by atoms with Crippen molar-refractivity contribution in [2.45, 2.75) is 6.54 Å². The number of fused-ring (bicyclic) bond motifs is 1. The van der Waals surface area contributed by atoms with E-state index in [0.717, 1.165) is 17.0 Å². The number of hydrazine groups is 1. The van der Waals surface area contributed by atoms with E-state index in [9.17, 15) is 4.79 Å². The van der Waals surface area contributed by atoms with Gasteiger partial charge in [0.2, 0.25) is 0 Å². The fourth-order valence-electron chi connectivity index (χ4n) is 3.38. The highest BCUT2D eigenvalue weighted by Gasteiger charge is 2.18. The van der Waals surface area contributed by atoms with Crippen LogP contribution in [0, 0.1) is 0 Å². The zero-order valence-corrected chi connectivity index (χ0v) is 16.5. The average Bonchev–Trinajstić information content (AvgIpc) is 3.49. The Morgan fingerprint density at radius 1 is 0.968 bits per heavy atom. The van der Waals surface area contributed by atoms with Crippen LogP contribution in [0.4, 0.5) is 5.69 Å². The maximum Gasteiger partial charge on any atom is 0.270 e. The Bertz CT molecular complexity index is 1310. The van der Waals surface area contributed by atoms with Crippen molar-refractivity contribution < 1.29 is 9.21 Å². The summed E-state index contributed by atoms with van der Waals surface area (Å²) in [5.74, 6) is 0.486. The first kappa shape index (κ1) is 18.6. The van der Waals surface area contributed by atoms with Gasteiger partial charge in [-0.15, -0.1) is 0 Å². The van der Waals surface area contributed by atoms with Crippen molar-refractivity contribution in [3.05, 3.63) is 103 Å². The number of aromatic nitrogens is 3. The first-order chi connectivity index (χ1) is 15.3. The van der Waals surface area contributed by atoms with Crippen molar-refractivity contribution in [3.8, 4) is 11.3 Å². The molecule has 3 heterocycles. The van der Waals surface area contributed by atoms with Crippen molar-refractivity contribution in [3.63, 3.8) is 0 Å². The van der Waals surface area contributed by atoms with Crippen LogP contribution in [0.15, 0.2) is 95.7 Å². The van der Waals surface area contributed by atoms with Crippen LogP contribution in [-0.2, 0) is 6.54 Å². The molecule has 0 spiro atoms. The molecule has 1 amide bonds. The third-order valence-corrected chi connectivity index (χ3v) is 4.90. The molecule has 0 fully saturated rings. The molecule has 3 aromatic heterocycles. The van der Waals surface area contributed by atoms with Crippen LogP contribution in [0.3, 0.4) is 0 Å². The molecule has 0 aliphatic heterocycles. The van der Waals surface area contributed by atoms with Crippen LogP contribution < -0.4 is 10.9 Å². The fourth-order valence-corrected chi connectivity index (χ4v) is 3.38. The number of pyridine rings is 1. The van der Waals surface area contributed by atoms with Crippen LogP contribution >= 0.6 is 0 Å². The molecule has 0 aliphatic rings. The number of hydrogen-bond donors (Lipinski definition) is 2. The van der Waals surface area contributed by atoms with E-state index >= 15 is 0 Å². The Kier molecular flexibility index (Phi) is 4.90. The van der Waals surface area contributed by atoms with Crippen LogP contribution in [0.1, 0.15) is 16.1 Å². The van der Waals surface area contributed by atoms with E-state index < -0.39 is 0 Å². The molecule has 7 heteroatoms. The number of anilines is 1. The molecule has 0 radical (unpaired) electrons. The van der Waals surface area contributed by atoms with E-state index in [1.165, 1.54) is 0 Å². The van der Waals surface area contributed by atoms with Gasteiger partial charge in [-0.05, 0) is 30.3 Å². The monoisotopic (exact) mass is 409 g/mol. The van der Waals surface area contributed by atoms with E-state index in [1.54, 1.807) is 23.2 Å². The normalized spacial score (nSPS) is 10.8. The smallest absolute Gasteiger partial charge is 0.270 e. The van der Waals surface area contributed by atoms with E-state index in [4.69, 9.17) is 9.40 Å². The number of nitrogens with zero attached hydrogens (tertiary/aromatic N) is 3. The van der Waals surface area contributed by atoms with E-state index in [2.05, 4.69) is 16.0 Å². The molecule has 0 aliphatic carbocycles. The lowest BCUT2D eigenvalue weighted by atomic mass is 10.1. The zero-order valence-electron chi connectivity index (χ0n) is 16.5. The van der Waals surface area contributed by atoms with Gasteiger partial charge < -0.3 is 4.42 Å². The molecule has 5 rings (SSSR count). The minimum atomic E-state index is -0.272. The van der Waals surface area contributed by atoms with Gasteiger partial charge in [-0.25, -0.2) is 9.67 Å². The number of nitrogens with one attached hydrogen (secondary N) is 2. The number of carbonyl (C=O) groups is 1. The summed E-state index contributed by atoms with van der Waals surface area (Å²) in [5, 5.41) is 5.13. The number of amides is 1. The first-order valence-corrected chi connectivity index (χ1v) is 9.84. The molecule has 5 aromatic rings. The van der Waals surface area contributed by atoms with Gasteiger partial charge in [-0.3, -0.25) is 15.6 Å². The highest BCUT2D eigenvalue weighted by molar-refractivity contribution is 6.06. The number of benzene rings is 2. The third-order valence-electron chi connectivity index (χ3n) is 4.90. The van der Waals surface area contributed by atoms with Crippen molar-refractivity contribution >= 4 is 22.6 Å². The maximum absolute atomic E-state index is 13.1. The van der Waals surface area contributed by atoms with Gasteiger partial charge in [0, 0.05) is 5.56 Å². The molecule has 2 N–H and O–H groups in total. The van der Waals surface area contributed by atoms with Gasteiger partial charge in [0.25, 0.3) is 5.91 Å². The SMILES string of the molecule is O=C(NNc1ccccc1)c1cc(-c2ccccc2)nc2c1cnn2Cc1ccco1. The summed E-state index contributed by atoms with van der Waals surface area (Å²) in [4.78, 5) is 17.9.